The molecule has 0 bridgehead atoms. The van der Waals surface area contributed by atoms with Gasteiger partial charge in [-0.15, -0.1) is 0 Å². The zero-order chi connectivity index (χ0) is 15.1. The number of esters is 1. The Labute approximate surface area is 126 Å². The molecule has 0 saturated heterocycles. The first kappa shape index (κ1) is 15.3. The van der Waals surface area contributed by atoms with E-state index in [1.165, 1.54) is 11.1 Å². The average Bonchev–Trinajstić information content (AvgIpc) is 2.55. The van der Waals surface area contributed by atoms with Crippen molar-refractivity contribution in [2.24, 2.45) is 0 Å². The molecule has 0 N–H and O–H groups in total. The van der Waals surface area contributed by atoms with E-state index in [1.54, 1.807) is 0 Å². The van der Waals surface area contributed by atoms with Crippen molar-refractivity contribution in [3.05, 3.63) is 71.3 Å². The standard InChI is InChI=1S/C19H22O2/c1-3-15(2)17-9-11-18(12-10-17)19(20)21-14-13-16-7-5-4-6-8-16/h4-12,15H,3,13-14H2,1-2H3. The lowest BCUT2D eigenvalue weighted by molar-refractivity contribution is 0.0509. The van der Waals surface area contributed by atoms with Crippen LogP contribution in [0.15, 0.2) is 54.6 Å². The zero-order valence-electron chi connectivity index (χ0n) is 12.7. The minimum absolute atomic E-state index is 0.248. The van der Waals surface area contributed by atoms with Gasteiger partial charge in [-0.3, -0.25) is 0 Å². The fourth-order valence-electron chi connectivity index (χ4n) is 2.17. The summed E-state index contributed by atoms with van der Waals surface area (Å²) in [6.45, 7) is 4.76. The quantitative estimate of drug-likeness (QED) is 0.724. The van der Waals surface area contributed by atoms with Crippen molar-refractivity contribution in [1.82, 2.24) is 0 Å². The molecule has 0 saturated carbocycles. The van der Waals surface area contributed by atoms with Gasteiger partial charge in [-0.2, -0.15) is 0 Å². The van der Waals surface area contributed by atoms with Crippen LogP contribution in [0.5, 0.6) is 0 Å². The van der Waals surface area contributed by atoms with Crippen LogP contribution in [0.4, 0.5) is 0 Å². The van der Waals surface area contributed by atoms with E-state index in [4.69, 9.17) is 4.74 Å². The van der Waals surface area contributed by atoms with Crippen LogP contribution < -0.4 is 0 Å². The van der Waals surface area contributed by atoms with Crippen LogP contribution in [-0.4, -0.2) is 12.6 Å². The van der Waals surface area contributed by atoms with Gasteiger partial charge in [0.25, 0.3) is 0 Å². The summed E-state index contributed by atoms with van der Waals surface area (Å²) in [6.07, 6.45) is 1.85. The van der Waals surface area contributed by atoms with E-state index in [-0.39, 0.29) is 5.97 Å². The van der Waals surface area contributed by atoms with Crippen LogP contribution in [0.1, 0.15) is 47.7 Å². The Bertz CT molecular complexity index is 558. The highest BCUT2D eigenvalue weighted by atomic mass is 16.5. The molecule has 0 radical (unpaired) electrons. The minimum Gasteiger partial charge on any atom is -0.462 e. The van der Waals surface area contributed by atoms with Gasteiger partial charge in [-0.25, -0.2) is 4.79 Å². The molecule has 0 amide bonds. The highest BCUT2D eigenvalue weighted by molar-refractivity contribution is 5.89. The summed E-state index contributed by atoms with van der Waals surface area (Å²) in [7, 11) is 0. The number of benzene rings is 2. The van der Waals surface area contributed by atoms with E-state index in [9.17, 15) is 4.79 Å². The van der Waals surface area contributed by atoms with Gasteiger partial charge in [0.05, 0.1) is 12.2 Å². The molecule has 0 aliphatic carbocycles. The van der Waals surface area contributed by atoms with Crippen LogP contribution in [0.3, 0.4) is 0 Å². The molecule has 0 spiro atoms. The topological polar surface area (TPSA) is 26.3 Å². The molecule has 1 atom stereocenters. The molecular formula is C19H22O2. The highest BCUT2D eigenvalue weighted by Crippen LogP contribution is 2.19. The first-order valence-electron chi connectivity index (χ1n) is 7.51. The highest BCUT2D eigenvalue weighted by Gasteiger charge is 2.08. The molecule has 0 heterocycles. The maximum absolute atomic E-state index is 12.0. The first-order valence-corrected chi connectivity index (χ1v) is 7.51. The normalized spacial score (nSPS) is 11.9. The third-order valence-electron chi connectivity index (χ3n) is 3.79. The Hall–Kier alpha value is -2.09. The van der Waals surface area contributed by atoms with Gasteiger partial charge in [0, 0.05) is 6.42 Å². The van der Waals surface area contributed by atoms with Crippen LogP contribution in [0, 0.1) is 0 Å². The molecule has 0 aliphatic rings. The molecule has 0 aliphatic heterocycles. The molecule has 1 unspecified atom stereocenters. The second-order valence-electron chi connectivity index (χ2n) is 5.30. The fraction of sp³-hybridized carbons (Fsp3) is 0.316. The van der Waals surface area contributed by atoms with Crippen LogP contribution in [0.2, 0.25) is 0 Å². The van der Waals surface area contributed by atoms with Crippen molar-refractivity contribution in [1.29, 1.82) is 0 Å². The van der Waals surface area contributed by atoms with E-state index in [0.717, 1.165) is 12.8 Å². The predicted octanol–water partition coefficient (Wildman–Crippen LogP) is 4.60. The van der Waals surface area contributed by atoms with Gasteiger partial charge in [-0.05, 0) is 35.6 Å². The van der Waals surface area contributed by atoms with Crippen molar-refractivity contribution in [3.63, 3.8) is 0 Å². The Morgan fingerprint density at radius 3 is 2.33 bits per heavy atom. The SMILES string of the molecule is CCC(C)c1ccc(C(=O)OCCc2ccccc2)cc1. The number of hydrogen-bond donors (Lipinski definition) is 0. The van der Waals surface area contributed by atoms with Gasteiger partial charge in [0.1, 0.15) is 0 Å². The summed E-state index contributed by atoms with van der Waals surface area (Å²) in [5, 5.41) is 0. The van der Waals surface area contributed by atoms with Crippen molar-refractivity contribution in [3.8, 4) is 0 Å². The summed E-state index contributed by atoms with van der Waals surface area (Å²) < 4.78 is 5.32. The zero-order valence-corrected chi connectivity index (χ0v) is 12.7. The van der Waals surface area contributed by atoms with E-state index in [1.807, 2.05) is 54.6 Å². The summed E-state index contributed by atoms with van der Waals surface area (Å²) >= 11 is 0. The molecule has 0 fully saturated rings. The lowest BCUT2D eigenvalue weighted by Crippen LogP contribution is -2.08. The second-order valence-corrected chi connectivity index (χ2v) is 5.30. The van der Waals surface area contributed by atoms with E-state index in [2.05, 4.69) is 13.8 Å². The third kappa shape index (κ3) is 4.45. The van der Waals surface area contributed by atoms with Gasteiger partial charge in [0.15, 0.2) is 0 Å². The number of ether oxygens (including phenoxy) is 1. The van der Waals surface area contributed by atoms with E-state index < -0.39 is 0 Å². The van der Waals surface area contributed by atoms with Crippen LogP contribution in [0.25, 0.3) is 0 Å². The number of rotatable bonds is 6. The Morgan fingerprint density at radius 2 is 1.71 bits per heavy atom. The third-order valence-corrected chi connectivity index (χ3v) is 3.79. The molecule has 2 aromatic rings. The van der Waals surface area contributed by atoms with E-state index >= 15 is 0 Å². The molecule has 110 valence electrons. The molecule has 2 rings (SSSR count). The molecule has 2 heteroatoms. The second kappa shape index (κ2) is 7.63. The molecular weight excluding hydrogens is 260 g/mol. The predicted molar refractivity (Wildman–Crippen MR) is 85.6 cm³/mol. The molecule has 0 aromatic heterocycles. The Morgan fingerprint density at radius 1 is 1.05 bits per heavy atom. The van der Waals surface area contributed by atoms with Crippen LogP contribution in [-0.2, 0) is 11.2 Å². The summed E-state index contributed by atoms with van der Waals surface area (Å²) in [4.78, 5) is 12.0. The van der Waals surface area contributed by atoms with Crippen molar-refractivity contribution < 1.29 is 9.53 Å². The molecule has 2 aromatic carbocycles. The minimum atomic E-state index is -0.248. The van der Waals surface area contributed by atoms with Crippen molar-refractivity contribution in [2.45, 2.75) is 32.6 Å². The van der Waals surface area contributed by atoms with Gasteiger partial charge >= 0.3 is 5.97 Å². The van der Waals surface area contributed by atoms with Gasteiger partial charge < -0.3 is 4.74 Å². The average molecular weight is 282 g/mol. The first-order chi connectivity index (χ1) is 10.2. The maximum atomic E-state index is 12.0. The largest absolute Gasteiger partial charge is 0.462 e. The summed E-state index contributed by atoms with van der Waals surface area (Å²) in [5.41, 5.74) is 3.06. The van der Waals surface area contributed by atoms with Gasteiger partial charge in [0.2, 0.25) is 0 Å². The fourth-order valence-corrected chi connectivity index (χ4v) is 2.17. The number of hydrogen-bond acceptors (Lipinski definition) is 2. The van der Waals surface area contributed by atoms with Gasteiger partial charge in [-0.1, -0.05) is 56.3 Å². The Balaban J connectivity index is 1.86. The maximum Gasteiger partial charge on any atom is 0.338 e. The molecule has 21 heavy (non-hydrogen) atoms. The lowest BCUT2D eigenvalue weighted by Gasteiger charge is -2.09. The van der Waals surface area contributed by atoms with Crippen molar-refractivity contribution in [2.75, 3.05) is 6.61 Å². The summed E-state index contributed by atoms with van der Waals surface area (Å²) in [5.74, 6) is 0.273. The van der Waals surface area contributed by atoms with E-state index in [0.29, 0.717) is 18.1 Å². The monoisotopic (exact) mass is 282 g/mol. The number of carbonyl (C=O) groups excluding carboxylic acids is 1. The van der Waals surface area contributed by atoms with Crippen molar-refractivity contribution >= 4 is 5.97 Å². The van der Waals surface area contributed by atoms with Crippen LogP contribution >= 0.6 is 0 Å². The lowest BCUT2D eigenvalue weighted by atomic mass is 9.98. The smallest absolute Gasteiger partial charge is 0.338 e. The summed E-state index contributed by atoms with van der Waals surface area (Å²) in [6, 6.07) is 17.8. The Kier molecular flexibility index (Phi) is 5.56. The number of carbonyl (C=O) groups is 1. The molecule has 2 nitrogen and oxygen atoms in total.